The van der Waals surface area contributed by atoms with Gasteiger partial charge in [-0.2, -0.15) is 0 Å². The molecule has 1 aliphatic rings. The van der Waals surface area contributed by atoms with Gasteiger partial charge in [0.25, 0.3) is 5.91 Å². The molecule has 3 N–H and O–H groups in total. The van der Waals surface area contributed by atoms with E-state index >= 15 is 0 Å². The standard InChI is InChI=1S/C17H19N3O5S/c21-15-7-2-8-18-16(15)20-17(22)12-4-1-6-14(10-12)26(23,24)19-11-13-5-3-9-25-13/h1-2,4,6-8,10,13,19,21H,3,5,9,11H2,(H,18,20,22). The molecule has 26 heavy (non-hydrogen) atoms. The maximum Gasteiger partial charge on any atom is 0.256 e. The molecule has 8 nitrogen and oxygen atoms in total. The number of hydrogen-bond donors (Lipinski definition) is 3. The van der Waals surface area contributed by atoms with E-state index in [4.69, 9.17) is 4.74 Å². The number of sulfonamides is 1. The van der Waals surface area contributed by atoms with E-state index in [0.29, 0.717) is 6.61 Å². The highest BCUT2D eigenvalue weighted by atomic mass is 32.2. The lowest BCUT2D eigenvalue weighted by molar-refractivity contribution is 0.102. The second-order valence-electron chi connectivity index (χ2n) is 5.84. The van der Waals surface area contributed by atoms with Crippen molar-refractivity contribution in [1.82, 2.24) is 9.71 Å². The number of carbonyl (C=O) groups excluding carboxylic acids is 1. The molecule has 1 fully saturated rings. The summed E-state index contributed by atoms with van der Waals surface area (Å²) < 4.78 is 32.8. The van der Waals surface area contributed by atoms with Gasteiger partial charge in [0.15, 0.2) is 11.6 Å². The van der Waals surface area contributed by atoms with Crippen LogP contribution in [0.1, 0.15) is 23.2 Å². The molecule has 1 unspecified atom stereocenters. The number of ether oxygens (including phenoxy) is 1. The van der Waals surface area contributed by atoms with Crippen LogP contribution in [0.4, 0.5) is 5.82 Å². The van der Waals surface area contributed by atoms with E-state index in [2.05, 4.69) is 15.0 Å². The second-order valence-corrected chi connectivity index (χ2v) is 7.61. The van der Waals surface area contributed by atoms with Gasteiger partial charge >= 0.3 is 0 Å². The summed E-state index contributed by atoms with van der Waals surface area (Å²) in [6, 6.07) is 8.55. The molecule has 1 amide bonds. The zero-order chi connectivity index (χ0) is 18.6. The third kappa shape index (κ3) is 4.37. The molecule has 2 aromatic rings. The van der Waals surface area contributed by atoms with Gasteiger partial charge in [0, 0.05) is 24.9 Å². The summed E-state index contributed by atoms with van der Waals surface area (Å²) >= 11 is 0. The van der Waals surface area contributed by atoms with Crippen LogP contribution in [-0.2, 0) is 14.8 Å². The van der Waals surface area contributed by atoms with Crippen molar-refractivity contribution in [2.75, 3.05) is 18.5 Å². The van der Waals surface area contributed by atoms with Gasteiger partial charge in [0.1, 0.15) is 0 Å². The van der Waals surface area contributed by atoms with E-state index < -0.39 is 15.9 Å². The Bertz CT molecular complexity index is 895. The first-order valence-electron chi connectivity index (χ1n) is 8.12. The average Bonchev–Trinajstić information content (AvgIpc) is 3.16. The number of carbonyl (C=O) groups is 1. The first kappa shape index (κ1) is 18.3. The lowest BCUT2D eigenvalue weighted by atomic mass is 10.2. The van der Waals surface area contributed by atoms with Gasteiger partial charge in [-0.05, 0) is 43.2 Å². The number of benzene rings is 1. The van der Waals surface area contributed by atoms with E-state index in [1.165, 1.54) is 42.6 Å². The maximum absolute atomic E-state index is 12.4. The summed E-state index contributed by atoms with van der Waals surface area (Å²) in [5, 5.41) is 12.1. The molecule has 0 spiro atoms. The topological polar surface area (TPSA) is 118 Å². The van der Waals surface area contributed by atoms with E-state index in [9.17, 15) is 18.3 Å². The van der Waals surface area contributed by atoms with Crippen molar-refractivity contribution < 1.29 is 23.1 Å². The molecule has 1 aliphatic heterocycles. The largest absolute Gasteiger partial charge is 0.504 e. The van der Waals surface area contributed by atoms with Crippen LogP contribution < -0.4 is 10.0 Å². The van der Waals surface area contributed by atoms with Crippen LogP contribution in [0.15, 0.2) is 47.5 Å². The third-order valence-electron chi connectivity index (χ3n) is 3.95. The molecular formula is C17H19N3O5S. The van der Waals surface area contributed by atoms with Gasteiger partial charge in [-0.15, -0.1) is 0 Å². The number of anilines is 1. The Balaban J connectivity index is 1.72. The van der Waals surface area contributed by atoms with Crippen LogP contribution >= 0.6 is 0 Å². The predicted molar refractivity (Wildman–Crippen MR) is 94.5 cm³/mol. The van der Waals surface area contributed by atoms with Crippen LogP contribution in [-0.4, -0.2) is 43.7 Å². The number of nitrogens with one attached hydrogen (secondary N) is 2. The first-order valence-corrected chi connectivity index (χ1v) is 9.61. The summed E-state index contributed by atoms with van der Waals surface area (Å²) in [4.78, 5) is 16.2. The molecule has 0 saturated carbocycles. The van der Waals surface area contributed by atoms with Crippen molar-refractivity contribution in [3.05, 3.63) is 48.2 Å². The smallest absolute Gasteiger partial charge is 0.256 e. The molecule has 3 rings (SSSR count). The zero-order valence-electron chi connectivity index (χ0n) is 13.9. The zero-order valence-corrected chi connectivity index (χ0v) is 14.7. The summed E-state index contributed by atoms with van der Waals surface area (Å²) in [6.07, 6.45) is 3.04. The highest BCUT2D eigenvalue weighted by molar-refractivity contribution is 7.89. The minimum absolute atomic E-state index is 0.00210. The molecule has 1 aromatic carbocycles. The van der Waals surface area contributed by atoms with Gasteiger partial charge in [-0.3, -0.25) is 4.79 Å². The number of pyridine rings is 1. The lowest BCUT2D eigenvalue weighted by Crippen LogP contribution is -2.32. The lowest BCUT2D eigenvalue weighted by Gasteiger charge is -2.12. The van der Waals surface area contributed by atoms with Gasteiger partial charge < -0.3 is 15.2 Å². The maximum atomic E-state index is 12.4. The quantitative estimate of drug-likeness (QED) is 0.702. The number of aromatic hydroxyl groups is 1. The molecule has 1 atom stereocenters. The minimum atomic E-state index is -3.76. The second kappa shape index (κ2) is 7.81. The van der Waals surface area contributed by atoms with Gasteiger partial charge in [-0.25, -0.2) is 18.1 Å². The molecular weight excluding hydrogens is 358 g/mol. The van der Waals surface area contributed by atoms with Crippen molar-refractivity contribution in [2.24, 2.45) is 0 Å². The summed E-state index contributed by atoms with van der Waals surface area (Å²) in [6.45, 7) is 0.836. The van der Waals surface area contributed by atoms with Crippen LogP contribution in [0.25, 0.3) is 0 Å². The van der Waals surface area contributed by atoms with E-state index in [-0.39, 0.29) is 34.7 Å². The number of hydrogen-bond acceptors (Lipinski definition) is 6. The van der Waals surface area contributed by atoms with Gasteiger partial charge in [0.05, 0.1) is 11.0 Å². The number of aromatic nitrogens is 1. The third-order valence-corrected chi connectivity index (χ3v) is 5.37. The number of nitrogens with zero attached hydrogens (tertiary/aromatic N) is 1. The van der Waals surface area contributed by atoms with Gasteiger partial charge in [0.2, 0.25) is 10.0 Å². The molecule has 0 aliphatic carbocycles. The van der Waals surface area contributed by atoms with Gasteiger partial charge in [-0.1, -0.05) is 6.07 Å². The van der Waals surface area contributed by atoms with Crippen molar-refractivity contribution in [3.8, 4) is 5.75 Å². The Morgan fingerprint density at radius 3 is 2.88 bits per heavy atom. The normalized spacial score (nSPS) is 17.2. The number of amides is 1. The Kier molecular flexibility index (Phi) is 5.50. The minimum Gasteiger partial charge on any atom is -0.504 e. The summed E-state index contributed by atoms with van der Waals surface area (Å²) in [7, 11) is -3.76. The monoisotopic (exact) mass is 377 g/mol. The highest BCUT2D eigenvalue weighted by Crippen LogP contribution is 2.20. The molecule has 1 saturated heterocycles. The van der Waals surface area contributed by atoms with Crippen LogP contribution in [0.5, 0.6) is 5.75 Å². The molecule has 0 bridgehead atoms. The predicted octanol–water partition coefficient (Wildman–Crippen LogP) is 1.50. The van der Waals surface area contributed by atoms with E-state index in [1.54, 1.807) is 0 Å². The van der Waals surface area contributed by atoms with Crippen molar-refractivity contribution in [1.29, 1.82) is 0 Å². The average molecular weight is 377 g/mol. The highest BCUT2D eigenvalue weighted by Gasteiger charge is 2.21. The Hall–Kier alpha value is -2.49. The van der Waals surface area contributed by atoms with Crippen LogP contribution in [0.2, 0.25) is 0 Å². The molecule has 2 heterocycles. The van der Waals surface area contributed by atoms with E-state index in [0.717, 1.165) is 12.8 Å². The fraction of sp³-hybridized carbons (Fsp3) is 0.294. The summed E-state index contributed by atoms with van der Waals surface area (Å²) in [5.41, 5.74) is 0.134. The summed E-state index contributed by atoms with van der Waals surface area (Å²) in [5.74, 6) is -0.750. The SMILES string of the molecule is O=C(Nc1ncccc1O)c1cccc(S(=O)(=O)NCC2CCCO2)c1. The number of rotatable bonds is 6. The van der Waals surface area contributed by atoms with Crippen molar-refractivity contribution >= 4 is 21.7 Å². The molecule has 138 valence electrons. The van der Waals surface area contributed by atoms with Crippen LogP contribution in [0, 0.1) is 0 Å². The fourth-order valence-corrected chi connectivity index (χ4v) is 3.68. The Labute approximate surface area is 151 Å². The van der Waals surface area contributed by atoms with Crippen LogP contribution in [0.3, 0.4) is 0 Å². The molecule has 9 heteroatoms. The first-order chi connectivity index (χ1) is 12.5. The Morgan fingerprint density at radius 1 is 1.31 bits per heavy atom. The molecule has 1 aromatic heterocycles. The Morgan fingerprint density at radius 2 is 2.15 bits per heavy atom. The van der Waals surface area contributed by atoms with Crippen molar-refractivity contribution in [2.45, 2.75) is 23.8 Å². The fourth-order valence-electron chi connectivity index (χ4n) is 2.57. The van der Waals surface area contributed by atoms with Crippen molar-refractivity contribution in [3.63, 3.8) is 0 Å². The molecule has 0 radical (unpaired) electrons. The van der Waals surface area contributed by atoms with E-state index in [1.807, 2.05) is 0 Å².